The highest BCUT2D eigenvalue weighted by atomic mass is 16.5. The molecule has 3 heteroatoms. The standard InChI is InChI=1S/C28H24N2O/c1-21-13-15-22(16-14-21)27(29-24-9-5-3-6-10-24)28(30-25-11-7-4-8-12-25)23-17-19-26(31-2)20-18-23/h3-20H,1-2H3. The van der Waals surface area contributed by atoms with Gasteiger partial charge in [-0.25, -0.2) is 9.98 Å². The summed E-state index contributed by atoms with van der Waals surface area (Å²) < 4.78 is 5.35. The van der Waals surface area contributed by atoms with Gasteiger partial charge in [-0.2, -0.15) is 0 Å². The number of aryl methyl sites for hydroxylation is 1. The SMILES string of the molecule is COc1ccc(C(=Nc2ccccc2)C(=Nc2ccccc2)c2ccc(C)cc2)cc1. The van der Waals surface area contributed by atoms with Crippen LogP contribution in [0.25, 0.3) is 0 Å². The molecule has 0 saturated heterocycles. The van der Waals surface area contributed by atoms with Crippen molar-refractivity contribution in [3.8, 4) is 5.75 Å². The van der Waals surface area contributed by atoms with E-state index in [1.807, 2.05) is 84.9 Å². The molecule has 0 aromatic heterocycles. The van der Waals surface area contributed by atoms with E-state index < -0.39 is 0 Å². The fourth-order valence-corrected chi connectivity index (χ4v) is 3.23. The molecule has 0 fully saturated rings. The summed E-state index contributed by atoms with van der Waals surface area (Å²) in [5.74, 6) is 0.805. The molecular weight excluding hydrogens is 380 g/mol. The van der Waals surface area contributed by atoms with Crippen LogP contribution in [-0.2, 0) is 0 Å². The first-order valence-electron chi connectivity index (χ1n) is 10.2. The van der Waals surface area contributed by atoms with Gasteiger partial charge in [-0.1, -0.05) is 66.2 Å². The fourth-order valence-electron chi connectivity index (χ4n) is 3.23. The minimum absolute atomic E-state index is 0.805. The first-order chi connectivity index (χ1) is 15.2. The Bertz CT molecular complexity index is 1180. The van der Waals surface area contributed by atoms with Gasteiger partial charge in [0.05, 0.1) is 29.9 Å². The predicted octanol–water partition coefficient (Wildman–Crippen LogP) is 6.95. The largest absolute Gasteiger partial charge is 0.497 e. The summed E-state index contributed by atoms with van der Waals surface area (Å²) in [4.78, 5) is 10.1. The van der Waals surface area contributed by atoms with Crippen LogP contribution >= 0.6 is 0 Å². The molecule has 152 valence electrons. The summed E-state index contributed by atoms with van der Waals surface area (Å²) in [6, 6.07) is 36.3. The Labute approximate surface area is 183 Å². The van der Waals surface area contributed by atoms with Crippen LogP contribution in [0.15, 0.2) is 119 Å². The topological polar surface area (TPSA) is 34.0 Å². The molecule has 3 nitrogen and oxygen atoms in total. The molecule has 4 aromatic carbocycles. The van der Waals surface area contributed by atoms with Gasteiger partial charge in [0.25, 0.3) is 0 Å². The summed E-state index contributed by atoms with van der Waals surface area (Å²) >= 11 is 0. The quantitative estimate of drug-likeness (QED) is 0.320. The minimum atomic E-state index is 0.805. The third-order valence-corrected chi connectivity index (χ3v) is 4.91. The smallest absolute Gasteiger partial charge is 0.118 e. The third kappa shape index (κ3) is 5.14. The molecule has 4 rings (SSSR count). The van der Waals surface area contributed by atoms with E-state index in [0.717, 1.165) is 39.7 Å². The van der Waals surface area contributed by atoms with Crippen molar-refractivity contribution in [1.29, 1.82) is 0 Å². The van der Waals surface area contributed by atoms with E-state index in [2.05, 4.69) is 31.2 Å². The van der Waals surface area contributed by atoms with Gasteiger partial charge in [-0.05, 0) is 55.5 Å². The van der Waals surface area contributed by atoms with Crippen molar-refractivity contribution in [2.45, 2.75) is 6.92 Å². The van der Waals surface area contributed by atoms with Gasteiger partial charge in [-0.3, -0.25) is 0 Å². The molecule has 4 aromatic rings. The molecule has 0 radical (unpaired) electrons. The maximum atomic E-state index is 5.35. The van der Waals surface area contributed by atoms with Crippen molar-refractivity contribution in [3.63, 3.8) is 0 Å². The van der Waals surface area contributed by atoms with E-state index in [9.17, 15) is 0 Å². The van der Waals surface area contributed by atoms with E-state index in [1.54, 1.807) is 7.11 Å². The van der Waals surface area contributed by atoms with E-state index in [1.165, 1.54) is 5.56 Å². The number of ether oxygens (including phenoxy) is 1. The van der Waals surface area contributed by atoms with E-state index in [-0.39, 0.29) is 0 Å². The Morgan fingerprint density at radius 3 is 1.39 bits per heavy atom. The highest BCUT2D eigenvalue weighted by Crippen LogP contribution is 2.22. The van der Waals surface area contributed by atoms with Crippen LogP contribution in [0.1, 0.15) is 16.7 Å². The molecule has 0 unspecified atom stereocenters. The molecule has 0 saturated carbocycles. The monoisotopic (exact) mass is 404 g/mol. The Hall–Kier alpha value is -3.98. The van der Waals surface area contributed by atoms with Crippen LogP contribution in [0.5, 0.6) is 5.75 Å². The lowest BCUT2D eigenvalue weighted by atomic mass is 9.98. The second-order valence-electron chi connectivity index (χ2n) is 7.19. The first-order valence-corrected chi connectivity index (χ1v) is 10.2. The van der Waals surface area contributed by atoms with Crippen molar-refractivity contribution in [2.24, 2.45) is 9.98 Å². The normalized spacial score (nSPS) is 11.9. The molecule has 0 heterocycles. The van der Waals surface area contributed by atoms with Crippen molar-refractivity contribution in [3.05, 3.63) is 126 Å². The molecule has 0 aliphatic rings. The summed E-state index contributed by atoms with van der Waals surface area (Å²) in [5, 5.41) is 0. The number of methoxy groups -OCH3 is 1. The number of benzene rings is 4. The van der Waals surface area contributed by atoms with Crippen molar-refractivity contribution < 1.29 is 4.74 Å². The third-order valence-electron chi connectivity index (χ3n) is 4.91. The highest BCUT2D eigenvalue weighted by Gasteiger charge is 2.16. The summed E-state index contributed by atoms with van der Waals surface area (Å²) in [6.07, 6.45) is 0. The number of para-hydroxylation sites is 2. The Balaban J connectivity index is 1.93. The lowest BCUT2D eigenvalue weighted by Crippen LogP contribution is -2.17. The summed E-state index contributed by atoms with van der Waals surface area (Å²) in [6.45, 7) is 2.08. The molecular formula is C28H24N2O. The lowest BCUT2D eigenvalue weighted by Gasteiger charge is -2.13. The van der Waals surface area contributed by atoms with Crippen LogP contribution in [0.4, 0.5) is 11.4 Å². The Morgan fingerprint density at radius 1 is 0.548 bits per heavy atom. The van der Waals surface area contributed by atoms with Gasteiger partial charge >= 0.3 is 0 Å². The molecule has 31 heavy (non-hydrogen) atoms. The van der Waals surface area contributed by atoms with Crippen LogP contribution in [0.3, 0.4) is 0 Å². The van der Waals surface area contributed by atoms with Crippen molar-refractivity contribution >= 4 is 22.8 Å². The molecule has 0 bridgehead atoms. The molecule has 0 atom stereocenters. The van der Waals surface area contributed by atoms with Gasteiger partial charge in [0, 0.05) is 11.1 Å². The van der Waals surface area contributed by atoms with Crippen LogP contribution in [-0.4, -0.2) is 18.5 Å². The molecule has 0 amide bonds. The number of rotatable bonds is 6. The zero-order valence-electron chi connectivity index (χ0n) is 17.7. The average molecular weight is 405 g/mol. The second kappa shape index (κ2) is 9.68. The maximum Gasteiger partial charge on any atom is 0.118 e. The lowest BCUT2D eigenvalue weighted by molar-refractivity contribution is 0.415. The van der Waals surface area contributed by atoms with Gasteiger partial charge in [0.2, 0.25) is 0 Å². The van der Waals surface area contributed by atoms with Crippen LogP contribution < -0.4 is 4.74 Å². The molecule has 0 aliphatic heterocycles. The van der Waals surface area contributed by atoms with Gasteiger partial charge in [0.1, 0.15) is 5.75 Å². The van der Waals surface area contributed by atoms with E-state index in [0.29, 0.717) is 0 Å². The van der Waals surface area contributed by atoms with Gasteiger partial charge in [0.15, 0.2) is 0 Å². The number of aliphatic imine (C=N–C) groups is 2. The van der Waals surface area contributed by atoms with E-state index >= 15 is 0 Å². The fraction of sp³-hybridized carbons (Fsp3) is 0.0714. The van der Waals surface area contributed by atoms with Crippen LogP contribution in [0, 0.1) is 6.92 Å². The first kappa shape index (κ1) is 20.3. The summed E-state index contributed by atoms with van der Waals surface area (Å²) in [7, 11) is 1.67. The van der Waals surface area contributed by atoms with Gasteiger partial charge < -0.3 is 4.74 Å². The number of nitrogens with zero attached hydrogens (tertiary/aromatic N) is 2. The van der Waals surface area contributed by atoms with Crippen molar-refractivity contribution in [1.82, 2.24) is 0 Å². The number of hydrogen-bond donors (Lipinski definition) is 0. The molecule has 0 aliphatic carbocycles. The summed E-state index contributed by atoms with van der Waals surface area (Å²) in [5.41, 5.74) is 6.57. The predicted molar refractivity (Wildman–Crippen MR) is 129 cm³/mol. The maximum absolute atomic E-state index is 5.35. The second-order valence-corrected chi connectivity index (χ2v) is 7.19. The van der Waals surface area contributed by atoms with Gasteiger partial charge in [-0.15, -0.1) is 0 Å². The minimum Gasteiger partial charge on any atom is -0.497 e. The zero-order valence-corrected chi connectivity index (χ0v) is 17.7. The van der Waals surface area contributed by atoms with Crippen LogP contribution in [0.2, 0.25) is 0 Å². The van der Waals surface area contributed by atoms with E-state index in [4.69, 9.17) is 14.7 Å². The number of hydrogen-bond acceptors (Lipinski definition) is 3. The highest BCUT2D eigenvalue weighted by molar-refractivity contribution is 6.54. The van der Waals surface area contributed by atoms with Crippen molar-refractivity contribution in [2.75, 3.05) is 7.11 Å². The zero-order chi connectivity index (χ0) is 21.5. The molecule has 0 spiro atoms. The Kier molecular flexibility index (Phi) is 6.34. The Morgan fingerprint density at radius 2 is 0.968 bits per heavy atom. The molecule has 0 N–H and O–H groups in total. The average Bonchev–Trinajstić information content (AvgIpc) is 2.83.